The van der Waals surface area contributed by atoms with Crippen LogP contribution in [-0.4, -0.2) is 70.0 Å². The molecule has 6 nitrogen and oxygen atoms in total. The molecule has 0 unspecified atom stereocenters. The average molecular weight is 402 g/mol. The molecule has 27 heavy (non-hydrogen) atoms. The Hall–Kier alpha value is -1.68. The van der Waals surface area contributed by atoms with Gasteiger partial charge in [-0.2, -0.15) is 13.2 Å². The second-order valence-electron chi connectivity index (χ2n) is 7.46. The lowest BCUT2D eigenvalue weighted by Crippen LogP contribution is -2.47. The van der Waals surface area contributed by atoms with E-state index in [-0.39, 0.29) is 12.6 Å². The first-order valence-corrected chi connectivity index (χ1v) is 10.0. The van der Waals surface area contributed by atoms with E-state index in [2.05, 4.69) is 15.3 Å². The molecular formula is C17H21F3N4O2S. The Kier molecular flexibility index (Phi) is 4.87. The number of imide groups is 1. The van der Waals surface area contributed by atoms with E-state index in [1.165, 1.54) is 22.7 Å². The lowest BCUT2D eigenvalue weighted by molar-refractivity contribution is -0.151. The zero-order valence-electron chi connectivity index (χ0n) is 14.7. The highest BCUT2D eigenvalue weighted by atomic mass is 32.1. The first kappa shape index (κ1) is 18.7. The lowest BCUT2D eigenvalue weighted by Gasteiger charge is -2.35. The highest BCUT2D eigenvalue weighted by Gasteiger charge is 2.45. The van der Waals surface area contributed by atoms with E-state index in [9.17, 15) is 22.8 Å². The summed E-state index contributed by atoms with van der Waals surface area (Å²) in [5, 5.41) is 3.31. The third-order valence-electron chi connectivity index (χ3n) is 5.30. The Balaban J connectivity index is 1.29. The van der Waals surface area contributed by atoms with Crippen LogP contribution in [0.4, 0.5) is 18.0 Å². The van der Waals surface area contributed by atoms with Crippen molar-refractivity contribution in [3.63, 3.8) is 0 Å². The molecule has 3 aliphatic rings. The molecular weight excluding hydrogens is 381 g/mol. The number of rotatable bonds is 5. The molecule has 3 amide bonds. The molecule has 1 aliphatic carbocycles. The monoisotopic (exact) mass is 402 g/mol. The fourth-order valence-corrected chi connectivity index (χ4v) is 4.69. The van der Waals surface area contributed by atoms with E-state index >= 15 is 0 Å². The number of aromatic nitrogens is 1. The second kappa shape index (κ2) is 7.05. The van der Waals surface area contributed by atoms with Crippen molar-refractivity contribution in [3.8, 4) is 0 Å². The van der Waals surface area contributed by atoms with Crippen LogP contribution in [0.2, 0.25) is 0 Å². The molecule has 0 radical (unpaired) electrons. The number of carbonyl (C=O) groups is 2. The number of hydrogen-bond acceptors (Lipinski definition) is 5. The molecule has 2 saturated heterocycles. The van der Waals surface area contributed by atoms with Gasteiger partial charge in [0.05, 0.1) is 10.7 Å². The number of nitrogens with zero attached hydrogens (tertiary/aromatic N) is 4. The lowest BCUT2D eigenvalue weighted by atomic mass is 10.0. The number of hydrogen-bond donors (Lipinski definition) is 0. The van der Waals surface area contributed by atoms with Crippen molar-refractivity contribution in [3.05, 3.63) is 16.1 Å². The van der Waals surface area contributed by atoms with Crippen LogP contribution in [0.1, 0.15) is 42.3 Å². The van der Waals surface area contributed by atoms with Gasteiger partial charge in [-0.15, -0.1) is 11.3 Å². The minimum absolute atomic E-state index is 0.187. The molecule has 0 N–H and O–H groups in total. The van der Waals surface area contributed by atoms with Crippen LogP contribution in [-0.2, 0) is 11.3 Å². The third-order valence-corrected chi connectivity index (χ3v) is 6.36. The van der Waals surface area contributed by atoms with Gasteiger partial charge in [0.1, 0.15) is 13.1 Å². The summed E-state index contributed by atoms with van der Waals surface area (Å²) in [6.07, 6.45) is -0.812. The van der Waals surface area contributed by atoms with Crippen LogP contribution in [0.15, 0.2) is 5.38 Å². The highest BCUT2D eigenvalue weighted by molar-refractivity contribution is 7.09. The Morgan fingerprint density at radius 2 is 1.85 bits per heavy atom. The SMILES string of the molecule is O=C1CN(C2CCN(Cc3csc(C4CC4)n3)CC2)C(=O)N1CC(F)(F)F. The zero-order chi connectivity index (χ0) is 19.2. The molecule has 0 atom stereocenters. The molecule has 0 bridgehead atoms. The van der Waals surface area contributed by atoms with Crippen molar-refractivity contribution >= 4 is 23.3 Å². The maximum absolute atomic E-state index is 12.6. The van der Waals surface area contributed by atoms with E-state index in [1.807, 2.05) is 0 Å². The Bertz CT molecular complexity index is 726. The highest BCUT2D eigenvalue weighted by Crippen LogP contribution is 2.41. The summed E-state index contributed by atoms with van der Waals surface area (Å²) >= 11 is 1.71. The normalized spacial score (nSPS) is 22.9. The van der Waals surface area contributed by atoms with Crippen molar-refractivity contribution in [1.82, 2.24) is 19.7 Å². The first-order valence-electron chi connectivity index (χ1n) is 9.14. The predicted octanol–water partition coefficient (Wildman–Crippen LogP) is 2.81. The smallest absolute Gasteiger partial charge is 0.312 e. The summed E-state index contributed by atoms with van der Waals surface area (Å²) in [5.74, 6) is -0.123. The van der Waals surface area contributed by atoms with E-state index in [0.29, 0.717) is 23.7 Å². The molecule has 0 spiro atoms. The second-order valence-corrected chi connectivity index (χ2v) is 8.35. The standard InChI is InChI=1S/C17H21F3N4O2S/c18-17(19,20)10-24-14(25)8-23(16(24)26)13-3-5-22(6-4-13)7-12-9-27-15(21-12)11-1-2-11/h9,11,13H,1-8,10H2. The van der Waals surface area contributed by atoms with E-state index in [1.54, 1.807) is 11.3 Å². The Labute approximate surface area is 158 Å². The summed E-state index contributed by atoms with van der Waals surface area (Å²) in [6, 6.07) is -1.00. The van der Waals surface area contributed by atoms with Crippen molar-refractivity contribution in [2.75, 3.05) is 26.2 Å². The Morgan fingerprint density at radius 3 is 2.48 bits per heavy atom. The van der Waals surface area contributed by atoms with Crippen LogP contribution >= 0.6 is 11.3 Å². The summed E-state index contributed by atoms with van der Waals surface area (Å²) in [7, 11) is 0. The molecule has 4 rings (SSSR count). The van der Waals surface area contributed by atoms with Crippen LogP contribution in [0.5, 0.6) is 0 Å². The minimum atomic E-state index is -4.57. The first-order chi connectivity index (χ1) is 12.8. The summed E-state index contributed by atoms with van der Waals surface area (Å²) in [4.78, 5) is 32.6. The van der Waals surface area contributed by atoms with Crippen LogP contribution in [0, 0.1) is 0 Å². The van der Waals surface area contributed by atoms with Crippen LogP contribution in [0.3, 0.4) is 0 Å². The van der Waals surface area contributed by atoms with Gasteiger partial charge < -0.3 is 4.90 Å². The van der Waals surface area contributed by atoms with Crippen molar-refractivity contribution < 1.29 is 22.8 Å². The molecule has 0 aromatic carbocycles. The number of likely N-dealkylation sites (tertiary alicyclic amines) is 1. The molecule has 1 saturated carbocycles. The molecule has 148 valence electrons. The minimum Gasteiger partial charge on any atom is -0.312 e. The molecule has 3 fully saturated rings. The number of carbonyl (C=O) groups excluding carboxylic acids is 2. The number of halogens is 3. The summed E-state index contributed by atoms with van der Waals surface area (Å²) in [5.41, 5.74) is 1.06. The quantitative estimate of drug-likeness (QED) is 0.711. The van der Waals surface area contributed by atoms with Crippen molar-refractivity contribution in [2.24, 2.45) is 0 Å². The van der Waals surface area contributed by atoms with Gasteiger partial charge in [0.2, 0.25) is 0 Å². The molecule has 1 aromatic rings. The topological polar surface area (TPSA) is 56.8 Å². The van der Waals surface area contributed by atoms with Gasteiger partial charge in [0.15, 0.2) is 0 Å². The van der Waals surface area contributed by atoms with E-state index in [0.717, 1.165) is 25.3 Å². The average Bonchev–Trinajstić information content (AvgIpc) is 3.30. The fourth-order valence-electron chi connectivity index (χ4n) is 3.71. The number of urea groups is 1. The summed E-state index contributed by atoms with van der Waals surface area (Å²) in [6.45, 7) is 0.461. The van der Waals surface area contributed by atoms with Crippen LogP contribution in [0.25, 0.3) is 0 Å². The number of alkyl halides is 3. The third kappa shape index (κ3) is 4.26. The van der Waals surface area contributed by atoms with E-state index in [4.69, 9.17) is 0 Å². The van der Waals surface area contributed by atoms with Gasteiger partial charge in [-0.3, -0.25) is 14.6 Å². The van der Waals surface area contributed by atoms with Gasteiger partial charge in [-0.1, -0.05) is 0 Å². The van der Waals surface area contributed by atoms with Crippen molar-refractivity contribution in [2.45, 2.75) is 50.4 Å². The maximum Gasteiger partial charge on any atom is 0.406 e. The number of amides is 3. The van der Waals surface area contributed by atoms with E-state index < -0.39 is 24.7 Å². The zero-order valence-corrected chi connectivity index (χ0v) is 15.6. The number of thiazole rings is 1. The van der Waals surface area contributed by atoms with Gasteiger partial charge in [0.25, 0.3) is 5.91 Å². The van der Waals surface area contributed by atoms with Gasteiger partial charge in [-0.05, 0) is 25.7 Å². The largest absolute Gasteiger partial charge is 0.406 e. The number of piperidine rings is 1. The van der Waals surface area contributed by atoms with Crippen molar-refractivity contribution in [1.29, 1.82) is 0 Å². The molecule has 2 aliphatic heterocycles. The summed E-state index contributed by atoms with van der Waals surface area (Å²) < 4.78 is 37.7. The predicted molar refractivity (Wildman–Crippen MR) is 92.3 cm³/mol. The van der Waals surface area contributed by atoms with Gasteiger partial charge in [-0.25, -0.2) is 9.78 Å². The van der Waals surface area contributed by atoms with Crippen LogP contribution < -0.4 is 0 Å². The van der Waals surface area contributed by atoms with Gasteiger partial charge in [0, 0.05) is 37.0 Å². The van der Waals surface area contributed by atoms with Gasteiger partial charge >= 0.3 is 12.2 Å². The molecule has 10 heteroatoms. The molecule has 1 aromatic heterocycles. The fraction of sp³-hybridized carbons (Fsp3) is 0.706. The Morgan fingerprint density at radius 1 is 1.15 bits per heavy atom. The maximum atomic E-state index is 12.6. The molecule has 3 heterocycles.